The molecule has 1 atom stereocenters. The van der Waals surface area contributed by atoms with Gasteiger partial charge in [0.1, 0.15) is 10.1 Å². The molecule has 1 unspecified atom stereocenters. The average molecular weight is 382 g/mol. The van der Waals surface area contributed by atoms with Crippen LogP contribution in [0.25, 0.3) is 0 Å². The number of hydrogen-bond donors (Lipinski definition) is 0. The molecule has 0 aliphatic heterocycles. The molecule has 1 aromatic rings. The summed E-state index contributed by atoms with van der Waals surface area (Å²) in [5, 5.41) is -0.399. The highest BCUT2D eigenvalue weighted by Crippen LogP contribution is 2.44. The fraction of sp³-hybridized carbons (Fsp3) is 0.588. The van der Waals surface area contributed by atoms with Crippen LogP contribution < -0.4 is 4.74 Å². The monoisotopic (exact) mass is 380 g/mol. The number of esters is 1. The average Bonchev–Trinajstić information content (AvgIpc) is 2.46. The first-order valence-corrected chi connectivity index (χ1v) is 8.63. The maximum absolute atomic E-state index is 11.7. The van der Waals surface area contributed by atoms with E-state index in [4.69, 9.17) is 44.3 Å². The molecule has 0 amide bonds. The summed E-state index contributed by atoms with van der Waals surface area (Å²) >= 11 is 19.5. The number of methoxy groups -OCH3 is 1. The molecule has 3 nitrogen and oxygen atoms in total. The minimum atomic E-state index is -1.15. The van der Waals surface area contributed by atoms with Crippen molar-refractivity contribution in [2.24, 2.45) is 5.41 Å². The molecule has 1 aromatic carbocycles. The normalized spacial score (nSPS) is 13.5. The number of ether oxygens (including phenoxy) is 2. The summed E-state index contributed by atoms with van der Waals surface area (Å²) in [4.78, 5) is 11.7. The van der Waals surface area contributed by atoms with Crippen LogP contribution in [0.4, 0.5) is 0 Å². The molecule has 0 heterocycles. The molecule has 0 saturated carbocycles. The summed E-state index contributed by atoms with van der Waals surface area (Å²) < 4.78 is 8.96. The van der Waals surface area contributed by atoms with Gasteiger partial charge in [0.25, 0.3) is 0 Å². The topological polar surface area (TPSA) is 35.5 Å². The van der Waals surface area contributed by atoms with E-state index in [1.165, 1.54) is 0 Å². The number of benzene rings is 1. The quantitative estimate of drug-likeness (QED) is 0.452. The first kappa shape index (κ1) is 20.4. The van der Waals surface area contributed by atoms with Gasteiger partial charge in [-0.3, -0.25) is 4.79 Å². The molecule has 0 bridgehead atoms. The van der Waals surface area contributed by atoms with Crippen LogP contribution in [0.5, 0.6) is 5.75 Å². The van der Waals surface area contributed by atoms with E-state index < -0.39 is 15.1 Å². The van der Waals surface area contributed by atoms with Crippen molar-refractivity contribution in [2.75, 3.05) is 13.7 Å². The molecule has 0 aliphatic rings. The van der Waals surface area contributed by atoms with Gasteiger partial charge in [0, 0.05) is 11.8 Å². The smallest absolute Gasteiger partial charge is 0.306 e. The molecule has 23 heavy (non-hydrogen) atoms. The molecule has 0 N–H and O–H groups in total. The van der Waals surface area contributed by atoms with E-state index in [-0.39, 0.29) is 12.4 Å². The second kappa shape index (κ2) is 8.46. The fourth-order valence-electron chi connectivity index (χ4n) is 2.15. The summed E-state index contributed by atoms with van der Waals surface area (Å²) in [6, 6.07) is 7.20. The summed E-state index contributed by atoms with van der Waals surface area (Å²) in [5.74, 6) is 0.449. The van der Waals surface area contributed by atoms with E-state index in [0.717, 1.165) is 11.3 Å². The Morgan fingerprint density at radius 2 is 1.78 bits per heavy atom. The zero-order valence-corrected chi connectivity index (χ0v) is 16.1. The van der Waals surface area contributed by atoms with E-state index in [9.17, 15) is 4.79 Å². The lowest BCUT2D eigenvalue weighted by Crippen LogP contribution is -2.32. The van der Waals surface area contributed by atoms with E-state index in [1.807, 2.05) is 13.8 Å². The number of carbonyl (C=O) groups is 1. The van der Waals surface area contributed by atoms with Gasteiger partial charge in [0.05, 0.1) is 20.1 Å². The molecule has 0 radical (unpaired) electrons. The van der Waals surface area contributed by atoms with Gasteiger partial charge in [-0.2, -0.15) is 0 Å². The van der Waals surface area contributed by atoms with Crippen LogP contribution in [0.1, 0.15) is 39.2 Å². The predicted molar refractivity (Wildman–Crippen MR) is 95.7 cm³/mol. The zero-order chi connectivity index (χ0) is 17.7. The Hall–Kier alpha value is -0.640. The maximum atomic E-state index is 11.7. The van der Waals surface area contributed by atoms with Gasteiger partial charge in [0.15, 0.2) is 0 Å². The van der Waals surface area contributed by atoms with Crippen molar-refractivity contribution in [3.63, 3.8) is 0 Å². The molecule has 0 aromatic heterocycles. The molecular formula is C17H23Cl3O3. The number of carbonyl (C=O) groups excluding carboxylic acids is 1. The standard InChI is InChI=1S/C17H23Cl3O3/c1-5-23-15(21)11-16(2,3)14(18)10-17(19,20)12-6-8-13(22-4)9-7-12/h6-9,14H,5,10-11H2,1-4H3. The van der Waals surface area contributed by atoms with Crippen molar-refractivity contribution in [3.05, 3.63) is 29.8 Å². The minimum absolute atomic E-state index is 0.210. The Kier molecular flexibility index (Phi) is 7.50. The van der Waals surface area contributed by atoms with Crippen LogP contribution in [0.15, 0.2) is 24.3 Å². The van der Waals surface area contributed by atoms with Crippen LogP contribution in [0.3, 0.4) is 0 Å². The van der Waals surface area contributed by atoms with Gasteiger partial charge in [-0.05, 0) is 30.0 Å². The zero-order valence-electron chi connectivity index (χ0n) is 13.9. The Bertz CT molecular complexity index is 512. The summed E-state index contributed by atoms with van der Waals surface area (Å²) in [6.45, 7) is 5.93. The third-order valence-corrected chi connectivity index (χ3v) is 5.19. The summed E-state index contributed by atoms with van der Waals surface area (Å²) in [6.07, 6.45) is 0.512. The number of hydrogen-bond acceptors (Lipinski definition) is 3. The van der Waals surface area contributed by atoms with Gasteiger partial charge in [0.2, 0.25) is 0 Å². The molecule has 130 valence electrons. The predicted octanol–water partition coefficient (Wildman–Crippen LogP) is 5.30. The molecule has 1 rings (SSSR count). The number of alkyl halides is 3. The van der Waals surface area contributed by atoms with E-state index in [2.05, 4.69) is 0 Å². The van der Waals surface area contributed by atoms with Crippen LogP contribution in [0.2, 0.25) is 0 Å². The lowest BCUT2D eigenvalue weighted by Gasteiger charge is -2.33. The summed E-state index contributed by atoms with van der Waals surface area (Å²) in [7, 11) is 1.59. The molecule has 0 spiro atoms. The number of halogens is 3. The number of rotatable bonds is 8. The Morgan fingerprint density at radius 3 is 2.26 bits per heavy atom. The van der Waals surface area contributed by atoms with Gasteiger partial charge < -0.3 is 9.47 Å². The van der Waals surface area contributed by atoms with Gasteiger partial charge >= 0.3 is 5.97 Å². The summed E-state index contributed by atoms with van der Waals surface area (Å²) in [5.41, 5.74) is 0.245. The highest BCUT2D eigenvalue weighted by Gasteiger charge is 2.38. The molecule has 0 aliphatic carbocycles. The highest BCUT2D eigenvalue weighted by molar-refractivity contribution is 6.48. The van der Waals surface area contributed by atoms with Crippen molar-refractivity contribution in [1.29, 1.82) is 0 Å². The van der Waals surface area contributed by atoms with Crippen LogP contribution >= 0.6 is 34.8 Å². The van der Waals surface area contributed by atoms with E-state index in [0.29, 0.717) is 13.0 Å². The van der Waals surface area contributed by atoms with Crippen LogP contribution in [-0.2, 0) is 13.9 Å². The van der Waals surface area contributed by atoms with Gasteiger partial charge in [-0.1, -0.05) is 49.2 Å². The second-order valence-corrected chi connectivity index (χ2v) is 8.09. The Balaban J connectivity index is 2.79. The van der Waals surface area contributed by atoms with Crippen molar-refractivity contribution >= 4 is 40.8 Å². The Morgan fingerprint density at radius 1 is 1.22 bits per heavy atom. The van der Waals surface area contributed by atoms with Crippen molar-refractivity contribution < 1.29 is 14.3 Å². The van der Waals surface area contributed by atoms with Crippen molar-refractivity contribution in [2.45, 2.75) is 43.3 Å². The maximum Gasteiger partial charge on any atom is 0.306 e. The van der Waals surface area contributed by atoms with Crippen molar-refractivity contribution in [3.8, 4) is 5.75 Å². The van der Waals surface area contributed by atoms with Gasteiger partial charge in [-0.25, -0.2) is 0 Å². The van der Waals surface area contributed by atoms with E-state index in [1.54, 1.807) is 38.3 Å². The van der Waals surface area contributed by atoms with E-state index >= 15 is 0 Å². The lowest BCUT2D eigenvalue weighted by molar-refractivity contribution is -0.145. The third kappa shape index (κ3) is 6.06. The third-order valence-electron chi connectivity index (χ3n) is 3.70. The first-order valence-electron chi connectivity index (χ1n) is 7.44. The van der Waals surface area contributed by atoms with Crippen molar-refractivity contribution in [1.82, 2.24) is 0 Å². The lowest BCUT2D eigenvalue weighted by atomic mass is 9.82. The fourth-order valence-corrected chi connectivity index (χ4v) is 3.18. The molecule has 0 saturated heterocycles. The molecular weight excluding hydrogens is 359 g/mol. The Labute approximate surface area is 153 Å². The van der Waals surface area contributed by atoms with Crippen LogP contribution in [-0.4, -0.2) is 25.1 Å². The van der Waals surface area contributed by atoms with Gasteiger partial charge in [-0.15, -0.1) is 11.6 Å². The van der Waals surface area contributed by atoms with Crippen LogP contribution in [0, 0.1) is 5.41 Å². The largest absolute Gasteiger partial charge is 0.497 e. The molecule has 6 heteroatoms. The second-order valence-electron chi connectivity index (χ2n) is 6.07. The molecule has 0 fully saturated rings. The minimum Gasteiger partial charge on any atom is -0.497 e. The highest BCUT2D eigenvalue weighted by atomic mass is 35.5. The first-order chi connectivity index (χ1) is 10.6. The SMILES string of the molecule is CCOC(=O)CC(C)(C)C(Cl)CC(Cl)(Cl)c1ccc(OC)cc1.